The average molecular weight is 326 g/mol. The van der Waals surface area contributed by atoms with E-state index in [1.807, 2.05) is 6.92 Å². The summed E-state index contributed by atoms with van der Waals surface area (Å²) in [5, 5.41) is 2.50. The molecule has 0 bridgehead atoms. The van der Waals surface area contributed by atoms with E-state index in [4.69, 9.17) is 4.74 Å². The van der Waals surface area contributed by atoms with Crippen molar-refractivity contribution < 1.29 is 17.9 Å². The Hall–Kier alpha value is -1.60. The molecule has 22 heavy (non-hydrogen) atoms. The first-order valence-electron chi connectivity index (χ1n) is 7.33. The summed E-state index contributed by atoms with van der Waals surface area (Å²) in [5.41, 5.74) is 0.298. The lowest BCUT2D eigenvalue weighted by Gasteiger charge is -2.32. The fraction of sp³-hybridized carbons (Fsp3) is 0.533. The first kappa shape index (κ1) is 16.8. The van der Waals surface area contributed by atoms with E-state index >= 15 is 0 Å². The normalized spacial score (nSPS) is 19.7. The van der Waals surface area contributed by atoms with E-state index in [-0.39, 0.29) is 22.6 Å². The molecule has 1 aliphatic heterocycles. The zero-order valence-electron chi connectivity index (χ0n) is 13.1. The molecule has 0 aliphatic carbocycles. The number of ether oxygens (including phenoxy) is 1. The second kappa shape index (κ2) is 6.66. The lowest BCUT2D eigenvalue weighted by Crippen LogP contribution is -2.42. The Morgan fingerprint density at radius 2 is 2.09 bits per heavy atom. The summed E-state index contributed by atoms with van der Waals surface area (Å²) in [7, 11) is -0.758. The molecule has 7 heteroatoms. The van der Waals surface area contributed by atoms with Crippen LogP contribution in [-0.4, -0.2) is 45.4 Å². The Labute approximate surface area is 131 Å². The van der Waals surface area contributed by atoms with Gasteiger partial charge in [-0.1, -0.05) is 6.42 Å². The third kappa shape index (κ3) is 3.10. The average Bonchev–Trinajstić information content (AvgIpc) is 2.53. The molecule has 6 nitrogen and oxygen atoms in total. The van der Waals surface area contributed by atoms with Gasteiger partial charge in [-0.15, -0.1) is 0 Å². The van der Waals surface area contributed by atoms with Crippen LogP contribution in [0, 0.1) is 0 Å². The predicted molar refractivity (Wildman–Crippen MR) is 83.6 cm³/mol. The quantitative estimate of drug-likeness (QED) is 0.912. The van der Waals surface area contributed by atoms with Crippen LogP contribution >= 0.6 is 0 Å². The molecule has 1 amide bonds. The Morgan fingerprint density at radius 1 is 1.36 bits per heavy atom. The SMILES string of the molecule is CNC(=O)c1ccc(OC)c(S(=O)(=O)N2CCCC[C@H]2C)c1. The minimum Gasteiger partial charge on any atom is -0.495 e. The number of piperidine rings is 1. The summed E-state index contributed by atoms with van der Waals surface area (Å²) in [6.07, 6.45) is 2.72. The van der Waals surface area contributed by atoms with Crippen LogP contribution in [0.25, 0.3) is 0 Å². The van der Waals surface area contributed by atoms with E-state index in [1.54, 1.807) is 6.07 Å². The van der Waals surface area contributed by atoms with Crippen molar-refractivity contribution >= 4 is 15.9 Å². The summed E-state index contributed by atoms with van der Waals surface area (Å²) < 4.78 is 32.6. The fourth-order valence-electron chi connectivity index (χ4n) is 2.72. The second-order valence-electron chi connectivity index (χ2n) is 5.41. The summed E-state index contributed by atoms with van der Waals surface area (Å²) >= 11 is 0. The maximum Gasteiger partial charge on any atom is 0.251 e. The van der Waals surface area contributed by atoms with E-state index in [0.717, 1.165) is 19.3 Å². The molecule has 1 heterocycles. The molecule has 1 aromatic rings. The summed E-state index contributed by atoms with van der Waals surface area (Å²) in [4.78, 5) is 11.8. The number of amides is 1. The number of carbonyl (C=O) groups excluding carboxylic acids is 1. The molecule has 2 rings (SSSR count). The molecule has 1 saturated heterocycles. The Balaban J connectivity index is 2.50. The van der Waals surface area contributed by atoms with E-state index in [9.17, 15) is 13.2 Å². The number of methoxy groups -OCH3 is 1. The Bertz CT molecular complexity index is 658. The highest BCUT2D eigenvalue weighted by Crippen LogP contribution is 2.31. The monoisotopic (exact) mass is 326 g/mol. The third-order valence-corrected chi connectivity index (χ3v) is 6.02. The highest BCUT2D eigenvalue weighted by atomic mass is 32.2. The van der Waals surface area contributed by atoms with Gasteiger partial charge in [-0.05, 0) is 38.0 Å². The lowest BCUT2D eigenvalue weighted by atomic mass is 10.1. The fourth-order valence-corrected chi connectivity index (χ4v) is 4.60. The van der Waals surface area contributed by atoms with Crippen molar-refractivity contribution in [2.45, 2.75) is 37.1 Å². The number of rotatable bonds is 4. The minimum atomic E-state index is -3.69. The number of hydrogen-bond donors (Lipinski definition) is 1. The second-order valence-corrected chi connectivity index (χ2v) is 7.26. The van der Waals surface area contributed by atoms with Gasteiger partial charge in [-0.2, -0.15) is 4.31 Å². The maximum atomic E-state index is 13.0. The third-order valence-electron chi connectivity index (χ3n) is 3.98. The number of hydrogen-bond acceptors (Lipinski definition) is 4. The molecule has 1 fully saturated rings. The molecule has 1 aromatic carbocycles. The molecule has 0 spiro atoms. The van der Waals surface area contributed by atoms with Crippen LogP contribution in [0.15, 0.2) is 23.1 Å². The van der Waals surface area contributed by atoms with Gasteiger partial charge >= 0.3 is 0 Å². The van der Waals surface area contributed by atoms with Gasteiger partial charge < -0.3 is 10.1 Å². The van der Waals surface area contributed by atoms with Crippen molar-refractivity contribution in [1.82, 2.24) is 9.62 Å². The highest BCUT2D eigenvalue weighted by Gasteiger charge is 2.33. The van der Waals surface area contributed by atoms with Gasteiger partial charge in [0.1, 0.15) is 10.6 Å². The van der Waals surface area contributed by atoms with Gasteiger partial charge in [-0.25, -0.2) is 8.42 Å². The topological polar surface area (TPSA) is 75.7 Å². The molecule has 0 unspecified atom stereocenters. The van der Waals surface area contributed by atoms with E-state index in [2.05, 4.69) is 5.32 Å². The number of sulfonamides is 1. The van der Waals surface area contributed by atoms with Gasteiger partial charge in [0.15, 0.2) is 0 Å². The number of nitrogens with zero attached hydrogens (tertiary/aromatic N) is 1. The van der Waals surface area contributed by atoms with E-state index in [0.29, 0.717) is 12.1 Å². The zero-order chi connectivity index (χ0) is 16.3. The van der Waals surface area contributed by atoms with E-state index < -0.39 is 10.0 Å². The molecule has 1 atom stereocenters. The largest absolute Gasteiger partial charge is 0.495 e. The van der Waals surface area contributed by atoms with Crippen molar-refractivity contribution in [3.8, 4) is 5.75 Å². The number of nitrogens with one attached hydrogen (secondary N) is 1. The summed E-state index contributed by atoms with van der Waals surface area (Å²) in [6.45, 7) is 2.41. The van der Waals surface area contributed by atoms with Crippen molar-refractivity contribution in [2.24, 2.45) is 0 Å². The van der Waals surface area contributed by atoms with Crippen molar-refractivity contribution in [1.29, 1.82) is 0 Å². The van der Waals surface area contributed by atoms with E-state index in [1.165, 1.54) is 30.6 Å². The van der Waals surface area contributed by atoms with Gasteiger partial charge in [0.05, 0.1) is 7.11 Å². The lowest BCUT2D eigenvalue weighted by molar-refractivity contribution is 0.0963. The van der Waals surface area contributed by atoms with Gasteiger partial charge in [0, 0.05) is 25.2 Å². The standard InChI is InChI=1S/C15H22N2O4S/c1-11-6-4-5-9-17(11)22(19,20)14-10-12(15(18)16-2)7-8-13(14)21-3/h7-8,10-11H,4-6,9H2,1-3H3,(H,16,18)/t11-/m1/s1. The van der Waals surface area contributed by atoms with Crippen LogP contribution in [0.1, 0.15) is 36.5 Å². The van der Waals surface area contributed by atoms with Crippen LogP contribution in [0.3, 0.4) is 0 Å². The van der Waals surface area contributed by atoms with Gasteiger partial charge in [0.25, 0.3) is 5.91 Å². The number of carbonyl (C=O) groups is 1. The minimum absolute atomic E-state index is 0.0462. The Morgan fingerprint density at radius 3 is 2.68 bits per heavy atom. The zero-order valence-corrected chi connectivity index (χ0v) is 13.9. The first-order chi connectivity index (χ1) is 10.4. The van der Waals surface area contributed by atoms with Crippen molar-refractivity contribution in [2.75, 3.05) is 20.7 Å². The smallest absolute Gasteiger partial charge is 0.251 e. The van der Waals surface area contributed by atoms with Crippen LogP contribution in [-0.2, 0) is 10.0 Å². The van der Waals surface area contributed by atoms with Crippen LogP contribution < -0.4 is 10.1 Å². The molecule has 0 aromatic heterocycles. The van der Waals surface area contributed by atoms with Gasteiger partial charge in [0.2, 0.25) is 10.0 Å². The predicted octanol–water partition coefficient (Wildman–Crippen LogP) is 1.62. The molecule has 122 valence electrons. The molecule has 1 N–H and O–H groups in total. The van der Waals surface area contributed by atoms with Gasteiger partial charge in [-0.3, -0.25) is 4.79 Å². The summed E-state index contributed by atoms with van der Waals surface area (Å²) in [6, 6.07) is 4.41. The van der Waals surface area contributed by atoms with Crippen LogP contribution in [0.5, 0.6) is 5.75 Å². The van der Waals surface area contributed by atoms with Crippen molar-refractivity contribution in [3.05, 3.63) is 23.8 Å². The van der Waals surface area contributed by atoms with Crippen LogP contribution in [0.4, 0.5) is 0 Å². The maximum absolute atomic E-state index is 13.0. The Kier molecular flexibility index (Phi) is 5.08. The molecular formula is C15H22N2O4S. The number of benzene rings is 1. The molecule has 1 aliphatic rings. The highest BCUT2D eigenvalue weighted by molar-refractivity contribution is 7.89. The van der Waals surface area contributed by atoms with Crippen LogP contribution in [0.2, 0.25) is 0 Å². The van der Waals surface area contributed by atoms with Crippen molar-refractivity contribution in [3.63, 3.8) is 0 Å². The summed E-state index contributed by atoms with van der Waals surface area (Å²) in [5.74, 6) is -0.0729. The first-order valence-corrected chi connectivity index (χ1v) is 8.77. The molecule has 0 saturated carbocycles. The molecular weight excluding hydrogens is 304 g/mol. The molecule has 0 radical (unpaired) electrons.